The van der Waals surface area contributed by atoms with Crippen LogP contribution in [-0.2, 0) is 11.2 Å². The molecule has 144 valence electrons. The Morgan fingerprint density at radius 3 is 2.64 bits per heavy atom. The number of thioether (sulfide) groups is 1. The van der Waals surface area contributed by atoms with E-state index in [1.54, 1.807) is 12.0 Å². The van der Waals surface area contributed by atoms with Gasteiger partial charge in [-0.3, -0.25) is 9.69 Å². The fourth-order valence-electron chi connectivity index (χ4n) is 2.95. The number of rotatable bonds is 7. The van der Waals surface area contributed by atoms with Crippen molar-refractivity contribution in [1.82, 2.24) is 0 Å². The highest BCUT2D eigenvalue weighted by Gasteiger charge is 2.33. The Morgan fingerprint density at radius 2 is 2.00 bits per heavy atom. The lowest BCUT2D eigenvalue weighted by molar-refractivity contribution is -0.113. The largest absolute Gasteiger partial charge is 0.493 e. The first-order valence-electron chi connectivity index (χ1n) is 8.86. The smallest absolute Gasteiger partial charge is 0.270 e. The molecule has 3 rings (SSSR count). The lowest BCUT2D eigenvalue weighted by Gasteiger charge is -2.15. The first-order chi connectivity index (χ1) is 13.6. The van der Waals surface area contributed by atoms with Crippen LogP contribution in [-0.4, -0.2) is 23.9 Å². The number of anilines is 1. The van der Waals surface area contributed by atoms with Gasteiger partial charge in [0.05, 0.1) is 24.3 Å². The van der Waals surface area contributed by atoms with Gasteiger partial charge in [-0.25, -0.2) is 0 Å². The number of methoxy groups -OCH3 is 1. The first-order valence-corrected chi connectivity index (χ1v) is 10.1. The van der Waals surface area contributed by atoms with Crippen LogP contribution in [0.5, 0.6) is 11.5 Å². The summed E-state index contributed by atoms with van der Waals surface area (Å²) in [7, 11) is 1.61. The molecule has 0 radical (unpaired) electrons. The fraction of sp³-hybridized carbons (Fsp3) is 0.182. The summed E-state index contributed by atoms with van der Waals surface area (Å²) in [6.07, 6.45) is 4.29. The summed E-state index contributed by atoms with van der Waals surface area (Å²) in [5.41, 5.74) is 2.58. The van der Waals surface area contributed by atoms with Crippen LogP contribution in [0, 0.1) is 0 Å². The summed E-state index contributed by atoms with van der Waals surface area (Å²) in [6, 6.07) is 13.3. The number of para-hydroxylation sites is 1. The van der Waals surface area contributed by atoms with E-state index in [9.17, 15) is 4.79 Å². The van der Waals surface area contributed by atoms with Crippen LogP contribution in [0.3, 0.4) is 0 Å². The minimum absolute atomic E-state index is 0.126. The Bertz CT molecular complexity index is 938. The summed E-state index contributed by atoms with van der Waals surface area (Å²) in [6.45, 7) is 6.29. The van der Waals surface area contributed by atoms with Gasteiger partial charge in [-0.1, -0.05) is 48.3 Å². The van der Waals surface area contributed by atoms with E-state index < -0.39 is 0 Å². The molecule has 0 unspecified atom stereocenters. The van der Waals surface area contributed by atoms with Crippen molar-refractivity contribution < 1.29 is 14.3 Å². The first kappa shape index (κ1) is 20.2. The molecule has 2 aromatic carbocycles. The molecule has 1 aliphatic rings. The fourth-order valence-corrected chi connectivity index (χ4v) is 4.25. The Kier molecular flexibility index (Phi) is 6.54. The molecule has 1 fully saturated rings. The van der Waals surface area contributed by atoms with E-state index in [-0.39, 0.29) is 5.91 Å². The molecule has 0 saturated carbocycles. The van der Waals surface area contributed by atoms with Crippen molar-refractivity contribution in [3.63, 3.8) is 0 Å². The minimum Gasteiger partial charge on any atom is -0.493 e. The van der Waals surface area contributed by atoms with Crippen LogP contribution < -0.4 is 14.4 Å². The molecule has 1 saturated heterocycles. The molecule has 2 aromatic rings. The van der Waals surface area contributed by atoms with Gasteiger partial charge >= 0.3 is 0 Å². The maximum Gasteiger partial charge on any atom is 0.270 e. The van der Waals surface area contributed by atoms with Gasteiger partial charge in [0.15, 0.2) is 15.8 Å². The predicted octanol–water partition coefficient (Wildman–Crippen LogP) is 5.23. The van der Waals surface area contributed by atoms with Crippen LogP contribution >= 0.6 is 24.0 Å². The SMILES string of the molecule is C=CCc1cc(/C=C2/SC(=S)N(c3ccccc3)C2=O)cc(OC)c1OCC. The van der Waals surface area contributed by atoms with Gasteiger partial charge in [0, 0.05) is 5.56 Å². The quantitative estimate of drug-likeness (QED) is 0.354. The summed E-state index contributed by atoms with van der Waals surface area (Å²) in [4.78, 5) is 15.1. The Hall–Kier alpha value is -2.57. The highest BCUT2D eigenvalue weighted by atomic mass is 32.2. The number of carbonyl (C=O) groups excluding carboxylic acids is 1. The highest BCUT2D eigenvalue weighted by Crippen LogP contribution is 2.38. The van der Waals surface area contributed by atoms with Gasteiger partial charge in [0.25, 0.3) is 5.91 Å². The molecule has 0 N–H and O–H groups in total. The van der Waals surface area contributed by atoms with Crippen molar-refractivity contribution >= 4 is 46.0 Å². The maximum absolute atomic E-state index is 12.9. The third-order valence-electron chi connectivity index (χ3n) is 4.13. The highest BCUT2D eigenvalue weighted by molar-refractivity contribution is 8.27. The normalized spacial score (nSPS) is 15.2. The van der Waals surface area contributed by atoms with E-state index in [4.69, 9.17) is 21.7 Å². The van der Waals surface area contributed by atoms with Crippen LogP contribution in [0.2, 0.25) is 0 Å². The van der Waals surface area contributed by atoms with Gasteiger partial charge in [-0.05, 0) is 49.2 Å². The molecule has 0 aliphatic carbocycles. The number of nitrogens with zero attached hydrogens (tertiary/aromatic N) is 1. The van der Waals surface area contributed by atoms with Crippen molar-refractivity contribution in [2.75, 3.05) is 18.6 Å². The molecule has 1 aliphatic heterocycles. The molecule has 28 heavy (non-hydrogen) atoms. The number of amides is 1. The van der Waals surface area contributed by atoms with E-state index in [0.29, 0.717) is 33.8 Å². The zero-order valence-electron chi connectivity index (χ0n) is 15.8. The summed E-state index contributed by atoms with van der Waals surface area (Å²) in [5, 5.41) is 0. The molecular weight excluding hydrogens is 390 g/mol. The van der Waals surface area contributed by atoms with Crippen LogP contribution in [0.15, 0.2) is 60.0 Å². The second-order valence-corrected chi connectivity index (χ2v) is 7.67. The van der Waals surface area contributed by atoms with Gasteiger partial charge in [0.1, 0.15) is 0 Å². The molecular formula is C22H21NO3S2. The zero-order chi connectivity index (χ0) is 20.1. The molecule has 6 heteroatoms. The van der Waals surface area contributed by atoms with Gasteiger partial charge in [0.2, 0.25) is 0 Å². The molecule has 0 spiro atoms. The average molecular weight is 412 g/mol. The number of ether oxygens (including phenoxy) is 2. The van der Waals surface area contributed by atoms with E-state index >= 15 is 0 Å². The Balaban J connectivity index is 1.99. The van der Waals surface area contributed by atoms with Crippen molar-refractivity contribution in [2.45, 2.75) is 13.3 Å². The molecule has 0 aromatic heterocycles. The summed E-state index contributed by atoms with van der Waals surface area (Å²) >= 11 is 6.73. The Morgan fingerprint density at radius 1 is 1.25 bits per heavy atom. The average Bonchev–Trinajstić information content (AvgIpc) is 2.97. The third-order valence-corrected chi connectivity index (χ3v) is 5.43. The van der Waals surface area contributed by atoms with Gasteiger partial charge in [-0.2, -0.15) is 0 Å². The molecule has 0 atom stereocenters. The van der Waals surface area contributed by atoms with Crippen LogP contribution in [0.4, 0.5) is 5.69 Å². The molecule has 0 bridgehead atoms. The molecule has 4 nitrogen and oxygen atoms in total. The molecule has 1 heterocycles. The van der Waals surface area contributed by atoms with Crippen molar-refractivity contribution in [1.29, 1.82) is 0 Å². The Labute approximate surface area is 174 Å². The number of hydrogen-bond donors (Lipinski definition) is 0. The van der Waals surface area contributed by atoms with Crippen molar-refractivity contribution in [3.8, 4) is 11.5 Å². The van der Waals surface area contributed by atoms with Crippen molar-refractivity contribution in [3.05, 3.63) is 71.2 Å². The second-order valence-electron chi connectivity index (χ2n) is 5.99. The number of allylic oxidation sites excluding steroid dienone is 1. The van der Waals surface area contributed by atoms with Gasteiger partial charge in [-0.15, -0.1) is 6.58 Å². The monoisotopic (exact) mass is 411 g/mol. The standard InChI is InChI=1S/C22H21NO3S2/c1-4-9-16-12-15(13-18(25-3)20(16)26-5-2)14-19-21(24)23(22(27)28-19)17-10-7-6-8-11-17/h4,6-8,10-14H,1,5,9H2,2-3H3/b19-14+. The summed E-state index contributed by atoms with van der Waals surface area (Å²) < 4.78 is 11.8. The zero-order valence-corrected chi connectivity index (χ0v) is 17.4. The van der Waals surface area contributed by atoms with E-state index in [0.717, 1.165) is 16.8 Å². The number of hydrogen-bond acceptors (Lipinski definition) is 5. The van der Waals surface area contributed by atoms with Crippen LogP contribution in [0.1, 0.15) is 18.1 Å². The van der Waals surface area contributed by atoms with Crippen molar-refractivity contribution in [2.24, 2.45) is 0 Å². The van der Waals surface area contributed by atoms with E-state index in [2.05, 4.69) is 6.58 Å². The van der Waals surface area contributed by atoms with E-state index in [1.165, 1.54) is 11.8 Å². The third kappa shape index (κ3) is 4.13. The van der Waals surface area contributed by atoms with Gasteiger partial charge < -0.3 is 9.47 Å². The summed E-state index contributed by atoms with van der Waals surface area (Å²) in [5.74, 6) is 1.21. The number of benzene rings is 2. The van der Waals surface area contributed by atoms with Crippen LogP contribution in [0.25, 0.3) is 6.08 Å². The lowest BCUT2D eigenvalue weighted by Crippen LogP contribution is -2.27. The van der Waals surface area contributed by atoms with E-state index in [1.807, 2.05) is 61.5 Å². The molecule has 1 amide bonds. The second kappa shape index (κ2) is 9.08. The predicted molar refractivity (Wildman–Crippen MR) is 120 cm³/mol. The lowest BCUT2D eigenvalue weighted by atomic mass is 10.0. The minimum atomic E-state index is -0.126. The number of thiocarbonyl (C=S) groups is 1. The number of carbonyl (C=O) groups is 1. The topological polar surface area (TPSA) is 38.8 Å². The maximum atomic E-state index is 12.9.